The molecule has 104 valence electrons. The molecule has 0 radical (unpaired) electrons. The van der Waals surface area contributed by atoms with Gasteiger partial charge in [0.25, 0.3) is 0 Å². The van der Waals surface area contributed by atoms with Gasteiger partial charge in [-0.3, -0.25) is 0 Å². The largest absolute Gasteiger partial charge is 0.360 e. The summed E-state index contributed by atoms with van der Waals surface area (Å²) in [5.41, 5.74) is 0. The van der Waals surface area contributed by atoms with Gasteiger partial charge in [0, 0.05) is 27.3 Å². The van der Waals surface area contributed by atoms with E-state index in [4.69, 9.17) is 11.6 Å². The van der Waals surface area contributed by atoms with Gasteiger partial charge in [0.2, 0.25) is 5.13 Å². The number of thiophene rings is 1. The highest BCUT2D eigenvalue weighted by molar-refractivity contribution is 8.00. The van der Waals surface area contributed by atoms with E-state index >= 15 is 0 Å². The van der Waals surface area contributed by atoms with Gasteiger partial charge >= 0.3 is 0 Å². The van der Waals surface area contributed by atoms with Crippen LogP contribution in [0.1, 0.15) is 11.8 Å². The van der Waals surface area contributed by atoms with Gasteiger partial charge in [-0.1, -0.05) is 52.9 Å². The van der Waals surface area contributed by atoms with Gasteiger partial charge in [0.05, 0.1) is 5.02 Å². The topological polar surface area (TPSA) is 37.8 Å². The summed E-state index contributed by atoms with van der Waals surface area (Å²) in [5, 5.41) is 14.3. The van der Waals surface area contributed by atoms with E-state index in [0.29, 0.717) is 0 Å². The molecule has 0 spiro atoms. The molecule has 0 atom stereocenters. The predicted octanol–water partition coefficient (Wildman–Crippen LogP) is 5.13. The Morgan fingerprint density at radius 3 is 2.90 bits per heavy atom. The maximum atomic E-state index is 6.43. The van der Waals surface area contributed by atoms with Crippen LogP contribution in [0.25, 0.3) is 10.1 Å². The van der Waals surface area contributed by atoms with E-state index in [0.717, 1.165) is 32.2 Å². The molecule has 1 N–H and O–H groups in total. The van der Waals surface area contributed by atoms with Gasteiger partial charge in [-0.2, -0.15) is 0 Å². The van der Waals surface area contributed by atoms with Crippen molar-refractivity contribution in [1.29, 1.82) is 0 Å². The van der Waals surface area contributed by atoms with Crippen molar-refractivity contribution in [2.24, 2.45) is 0 Å². The second-order valence-corrected chi connectivity index (χ2v) is 7.74. The van der Waals surface area contributed by atoms with Crippen molar-refractivity contribution in [1.82, 2.24) is 10.2 Å². The van der Waals surface area contributed by atoms with Gasteiger partial charge in [-0.25, -0.2) is 0 Å². The third kappa shape index (κ3) is 2.93. The van der Waals surface area contributed by atoms with E-state index in [-0.39, 0.29) is 0 Å². The lowest BCUT2D eigenvalue weighted by atomic mass is 10.2. The van der Waals surface area contributed by atoms with Crippen LogP contribution in [0, 0.1) is 0 Å². The lowest BCUT2D eigenvalue weighted by Crippen LogP contribution is -1.94. The fourth-order valence-electron chi connectivity index (χ4n) is 1.78. The van der Waals surface area contributed by atoms with E-state index in [1.54, 1.807) is 34.4 Å². The van der Waals surface area contributed by atoms with E-state index < -0.39 is 0 Å². The van der Waals surface area contributed by atoms with E-state index in [9.17, 15) is 0 Å². The minimum Gasteiger partial charge on any atom is -0.360 e. The molecule has 0 amide bonds. The molecule has 3 aromatic rings. The minimum absolute atomic E-state index is 0.832. The van der Waals surface area contributed by atoms with Crippen molar-refractivity contribution in [3.63, 3.8) is 0 Å². The lowest BCUT2D eigenvalue weighted by Gasteiger charge is -1.95. The average molecular weight is 342 g/mol. The molecule has 2 aromatic heterocycles. The number of anilines is 1. The van der Waals surface area contributed by atoms with Crippen LogP contribution in [0.3, 0.4) is 0 Å². The molecule has 7 heteroatoms. The number of nitrogens with zero attached hydrogens (tertiary/aromatic N) is 2. The number of halogens is 1. The summed E-state index contributed by atoms with van der Waals surface area (Å²) >= 11 is 11.4. The number of hydrogen-bond donors (Lipinski definition) is 1. The SMILES string of the molecule is CCNc1nnc(SCc2sc3ccccc3c2Cl)s1. The quantitative estimate of drug-likeness (QED) is 0.653. The Hall–Kier alpha value is -0.820. The Bertz CT molecular complexity index is 723. The molecule has 2 heterocycles. The molecule has 0 fully saturated rings. The van der Waals surface area contributed by atoms with E-state index in [1.807, 2.05) is 19.1 Å². The highest BCUT2D eigenvalue weighted by atomic mass is 35.5. The number of rotatable bonds is 5. The first-order valence-electron chi connectivity index (χ1n) is 6.14. The van der Waals surface area contributed by atoms with Crippen LogP contribution >= 0.6 is 46.0 Å². The Balaban J connectivity index is 1.74. The zero-order valence-electron chi connectivity index (χ0n) is 10.7. The normalized spacial score (nSPS) is 11.1. The van der Waals surface area contributed by atoms with E-state index in [1.165, 1.54) is 9.58 Å². The number of hydrogen-bond acceptors (Lipinski definition) is 6. The molecular formula is C13H12ClN3S3. The van der Waals surface area contributed by atoms with Crippen molar-refractivity contribution < 1.29 is 0 Å². The Kier molecular flexibility index (Phi) is 4.45. The Morgan fingerprint density at radius 1 is 1.25 bits per heavy atom. The van der Waals surface area contributed by atoms with Crippen LogP contribution in [0.5, 0.6) is 0 Å². The molecule has 3 nitrogen and oxygen atoms in total. The molecule has 3 rings (SSSR count). The summed E-state index contributed by atoms with van der Waals surface area (Å²) in [6.07, 6.45) is 0. The molecule has 0 aliphatic carbocycles. The van der Waals surface area contributed by atoms with Gasteiger partial charge in [0.1, 0.15) is 0 Å². The summed E-state index contributed by atoms with van der Waals surface area (Å²) < 4.78 is 2.20. The van der Waals surface area contributed by atoms with Crippen molar-refractivity contribution in [2.75, 3.05) is 11.9 Å². The molecule has 1 aromatic carbocycles. The number of nitrogens with one attached hydrogen (secondary N) is 1. The third-order valence-electron chi connectivity index (χ3n) is 2.66. The van der Waals surface area contributed by atoms with Gasteiger partial charge in [-0.15, -0.1) is 21.5 Å². The molecule has 0 aliphatic rings. The summed E-state index contributed by atoms with van der Waals surface area (Å²) in [5.74, 6) is 0.832. The van der Waals surface area contributed by atoms with Crippen LogP contribution in [-0.2, 0) is 5.75 Å². The van der Waals surface area contributed by atoms with Crippen LogP contribution in [0.2, 0.25) is 5.02 Å². The lowest BCUT2D eigenvalue weighted by molar-refractivity contribution is 1.00. The van der Waals surface area contributed by atoms with Gasteiger partial charge < -0.3 is 5.32 Å². The molecule has 0 saturated carbocycles. The molecule has 0 bridgehead atoms. The zero-order valence-corrected chi connectivity index (χ0v) is 13.9. The van der Waals surface area contributed by atoms with Crippen LogP contribution < -0.4 is 5.32 Å². The second kappa shape index (κ2) is 6.30. The maximum Gasteiger partial charge on any atom is 0.206 e. The Labute approximate surface area is 134 Å². The standard InChI is InChI=1S/C13H12ClN3S3/c1-2-15-12-16-17-13(20-12)18-7-10-11(14)8-5-3-4-6-9(8)19-10/h3-6H,2,7H2,1H3,(H,15,16). The van der Waals surface area contributed by atoms with Gasteiger partial charge in [-0.05, 0) is 13.0 Å². The summed E-state index contributed by atoms with van der Waals surface area (Å²) in [6.45, 7) is 2.91. The molecule has 0 unspecified atom stereocenters. The molecule has 0 aliphatic heterocycles. The van der Waals surface area contributed by atoms with Crippen molar-refractivity contribution in [3.05, 3.63) is 34.2 Å². The maximum absolute atomic E-state index is 6.43. The fourth-order valence-corrected chi connectivity index (χ4v) is 5.25. The summed E-state index contributed by atoms with van der Waals surface area (Å²) in [4.78, 5) is 1.19. The average Bonchev–Trinajstić information content (AvgIpc) is 3.03. The van der Waals surface area contributed by atoms with Crippen LogP contribution in [-0.4, -0.2) is 16.7 Å². The van der Waals surface area contributed by atoms with Crippen molar-refractivity contribution in [3.8, 4) is 0 Å². The first-order chi connectivity index (χ1) is 9.78. The molecular weight excluding hydrogens is 330 g/mol. The summed E-state index contributed by atoms with van der Waals surface area (Å²) in [7, 11) is 0. The molecule has 0 saturated heterocycles. The number of fused-ring (bicyclic) bond motifs is 1. The van der Waals surface area contributed by atoms with Gasteiger partial charge in [0.15, 0.2) is 4.34 Å². The first kappa shape index (κ1) is 14.1. The zero-order chi connectivity index (χ0) is 13.9. The highest BCUT2D eigenvalue weighted by Gasteiger charge is 2.11. The fraction of sp³-hybridized carbons (Fsp3) is 0.231. The third-order valence-corrected chi connectivity index (χ3v) is 6.60. The number of aromatic nitrogens is 2. The Morgan fingerprint density at radius 2 is 2.10 bits per heavy atom. The minimum atomic E-state index is 0.832. The predicted molar refractivity (Wildman–Crippen MR) is 90.5 cm³/mol. The summed E-state index contributed by atoms with van der Waals surface area (Å²) in [6, 6.07) is 8.23. The highest BCUT2D eigenvalue weighted by Crippen LogP contribution is 2.39. The molecule has 20 heavy (non-hydrogen) atoms. The van der Waals surface area contributed by atoms with Crippen molar-refractivity contribution in [2.45, 2.75) is 17.0 Å². The van der Waals surface area contributed by atoms with E-state index in [2.05, 4.69) is 27.6 Å². The van der Waals surface area contributed by atoms with Crippen LogP contribution in [0.4, 0.5) is 5.13 Å². The number of benzene rings is 1. The van der Waals surface area contributed by atoms with Crippen LogP contribution in [0.15, 0.2) is 28.6 Å². The first-order valence-corrected chi connectivity index (χ1v) is 9.13. The van der Waals surface area contributed by atoms with Crippen molar-refractivity contribution >= 4 is 61.3 Å². The monoisotopic (exact) mass is 341 g/mol. The second-order valence-electron chi connectivity index (χ2n) is 4.03. The number of thioether (sulfide) groups is 1. The smallest absolute Gasteiger partial charge is 0.206 e.